The first-order valence-electron chi connectivity index (χ1n) is 5.83. The van der Waals surface area contributed by atoms with E-state index in [1.165, 1.54) is 6.33 Å². The fraction of sp³-hybridized carbons (Fsp3) is 0.308. The standard InChI is InChI=1S/C13H15N3O2/c1-11(16-10-14-9-15-16)7-8-18-13(17)12-5-3-2-4-6-12/h2-6,9-11H,7-8H2,1H3/t11-/m1/s1. The number of aromatic nitrogens is 3. The highest BCUT2D eigenvalue weighted by molar-refractivity contribution is 5.89. The van der Waals surface area contributed by atoms with Gasteiger partial charge in [-0.25, -0.2) is 9.78 Å². The number of nitrogens with zero attached hydrogens (tertiary/aromatic N) is 3. The molecule has 2 rings (SSSR count). The Hall–Kier alpha value is -2.17. The third kappa shape index (κ3) is 3.16. The van der Waals surface area contributed by atoms with Crippen LogP contribution in [0.2, 0.25) is 0 Å². The summed E-state index contributed by atoms with van der Waals surface area (Å²) in [4.78, 5) is 15.5. The predicted octanol–water partition coefficient (Wildman–Crippen LogP) is 2.09. The molecular weight excluding hydrogens is 230 g/mol. The molecule has 5 heteroatoms. The van der Waals surface area contributed by atoms with Crippen LogP contribution in [0, 0.1) is 0 Å². The van der Waals surface area contributed by atoms with E-state index in [0.29, 0.717) is 18.6 Å². The lowest BCUT2D eigenvalue weighted by Gasteiger charge is -2.11. The molecule has 2 aromatic rings. The van der Waals surface area contributed by atoms with Gasteiger partial charge in [-0.05, 0) is 19.1 Å². The maximum absolute atomic E-state index is 11.7. The van der Waals surface area contributed by atoms with Crippen molar-refractivity contribution in [1.82, 2.24) is 14.8 Å². The number of benzene rings is 1. The normalized spacial score (nSPS) is 12.1. The first kappa shape index (κ1) is 12.3. The Labute approximate surface area is 105 Å². The van der Waals surface area contributed by atoms with Gasteiger partial charge in [-0.1, -0.05) is 18.2 Å². The Morgan fingerprint density at radius 2 is 2.17 bits per heavy atom. The van der Waals surface area contributed by atoms with Gasteiger partial charge >= 0.3 is 5.97 Å². The van der Waals surface area contributed by atoms with Crippen LogP contribution < -0.4 is 0 Å². The monoisotopic (exact) mass is 245 g/mol. The van der Waals surface area contributed by atoms with Crippen molar-refractivity contribution in [3.8, 4) is 0 Å². The van der Waals surface area contributed by atoms with Crippen molar-refractivity contribution in [2.45, 2.75) is 19.4 Å². The first-order chi connectivity index (χ1) is 8.77. The van der Waals surface area contributed by atoms with Gasteiger partial charge in [0, 0.05) is 6.42 Å². The van der Waals surface area contributed by atoms with Gasteiger partial charge in [0.2, 0.25) is 0 Å². The van der Waals surface area contributed by atoms with Crippen molar-refractivity contribution in [3.63, 3.8) is 0 Å². The van der Waals surface area contributed by atoms with Gasteiger partial charge in [0.05, 0.1) is 18.2 Å². The zero-order valence-corrected chi connectivity index (χ0v) is 10.2. The quantitative estimate of drug-likeness (QED) is 0.757. The summed E-state index contributed by atoms with van der Waals surface area (Å²) in [6.45, 7) is 2.37. The van der Waals surface area contributed by atoms with Crippen LogP contribution in [0.4, 0.5) is 0 Å². The van der Waals surface area contributed by atoms with E-state index in [1.54, 1.807) is 23.1 Å². The second-order valence-electron chi connectivity index (χ2n) is 4.02. The second-order valence-corrected chi connectivity index (χ2v) is 4.02. The van der Waals surface area contributed by atoms with Gasteiger partial charge in [0.15, 0.2) is 0 Å². The number of ether oxygens (including phenoxy) is 1. The molecule has 0 unspecified atom stereocenters. The third-order valence-corrected chi connectivity index (χ3v) is 2.67. The van der Waals surface area contributed by atoms with E-state index in [2.05, 4.69) is 10.1 Å². The predicted molar refractivity (Wildman–Crippen MR) is 66.1 cm³/mol. The topological polar surface area (TPSA) is 57.0 Å². The number of rotatable bonds is 5. The summed E-state index contributed by atoms with van der Waals surface area (Å²) in [5, 5.41) is 4.04. The molecule has 0 fully saturated rings. The van der Waals surface area contributed by atoms with Crippen LogP contribution in [0.25, 0.3) is 0 Å². The van der Waals surface area contributed by atoms with Crippen molar-refractivity contribution in [3.05, 3.63) is 48.5 Å². The molecule has 1 aromatic carbocycles. The van der Waals surface area contributed by atoms with E-state index in [1.807, 2.05) is 25.1 Å². The van der Waals surface area contributed by atoms with Crippen LogP contribution in [0.1, 0.15) is 29.7 Å². The van der Waals surface area contributed by atoms with E-state index < -0.39 is 0 Å². The number of hydrogen-bond donors (Lipinski definition) is 0. The average molecular weight is 245 g/mol. The number of carbonyl (C=O) groups excluding carboxylic acids is 1. The van der Waals surface area contributed by atoms with E-state index >= 15 is 0 Å². The lowest BCUT2D eigenvalue weighted by molar-refractivity contribution is 0.0485. The Balaban J connectivity index is 1.77. The largest absolute Gasteiger partial charge is 0.462 e. The fourth-order valence-corrected chi connectivity index (χ4v) is 1.56. The first-order valence-corrected chi connectivity index (χ1v) is 5.83. The highest BCUT2D eigenvalue weighted by Crippen LogP contribution is 2.09. The molecule has 0 aliphatic carbocycles. The molecule has 0 aliphatic rings. The Bertz CT molecular complexity index is 482. The van der Waals surface area contributed by atoms with Gasteiger partial charge < -0.3 is 4.74 Å². The molecule has 1 heterocycles. The summed E-state index contributed by atoms with van der Waals surface area (Å²) in [6, 6.07) is 9.13. The van der Waals surface area contributed by atoms with Crippen LogP contribution >= 0.6 is 0 Å². The maximum Gasteiger partial charge on any atom is 0.338 e. The molecule has 1 atom stereocenters. The molecule has 5 nitrogen and oxygen atoms in total. The molecule has 18 heavy (non-hydrogen) atoms. The lowest BCUT2D eigenvalue weighted by atomic mass is 10.2. The molecule has 0 saturated carbocycles. The fourth-order valence-electron chi connectivity index (χ4n) is 1.56. The van der Waals surface area contributed by atoms with Crippen molar-refractivity contribution in [2.24, 2.45) is 0 Å². The van der Waals surface area contributed by atoms with Gasteiger partial charge in [-0.2, -0.15) is 5.10 Å². The minimum atomic E-state index is -0.290. The zero-order valence-electron chi connectivity index (χ0n) is 10.2. The van der Waals surface area contributed by atoms with Gasteiger partial charge in [-0.15, -0.1) is 0 Å². The third-order valence-electron chi connectivity index (χ3n) is 2.67. The van der Waals surface area contributed by atoms with Crippen LogP contribution in [0.5, 0.6) is 0 Å². The molecule has 0 amide bonds. The minimum absolute atomic E-state index is 0.163. The summed E-state index contributed by atoms with van der Waals surface area (Å²) in [5.74, 6) is -0.290. The van der Waals surface area contributed by atoms with Gasteiger partial charge in [0.25, 0.3) is 0 Å². The number of hydrogen-bond acceptors (Lipinski definition) is 4. The van der Waals surface area contributed by atoms with E-state index in [-0.39, 0.29) is 12.0 Å². The summed E-state index contributed by atoms with van der Waals surface area (Å²) in [6.07, 6.45) is 3.86. The van der Waals surface area contributed by atoms with Crippen LogP contribution in [-0.2, 0) is 4.74 Å². The van der Waals surface area contributed by atoms with Crippen molar-refractivity contribution in [1.29, 1.82) is 0 Å². The molecule has 0 radical (unpaired) electrons. The highest BCUT2D eigenvalue weighted by Gasteiger charge is 2.09. The Morgan fingerprint density at radius 3 is 2.83 bits per heavy atom. The molecule has 0 aliphatic heterocycles. The SMILES string of the molecule is C[C@H](CCOC(=O)c1ccccc1)n1cncn1. The van der Waals surface area contributed by atoms with Crippen molar-refractivity contribution >= 4 is 5.97 Å². The Kier molecular flexibility index (Phi) is 4.06. The Morgan fingerprint density at radius 1 is 1.39 bits per heavy atom. The summed E-state index contributed by atoms with van der Waals surface area (Å²) in [7, 11) is 0. The van der Waals surface area contributed by atoms with Crippen molar-refractivity contribution in [2.75, 3.05) is 6.61 Å². The van der Waals surface area contributed by atoms with Crippen LogP contribution in [0.15, 0.2) is 43.0 Å². The smallest absolute Gasteiger partial charge is 0.338 e. The van der Waals surface area contributed by atoms with E-state index in [0.717, 1.165) is 0 Å². The van der Waals surface area contributed by atoms with E-state index in [9.17, 15) is 4.79 Å². The van der Waals surface area contributed by atoms with E-state index in [4.69, 9.17) is 4.74 Å². The molecule has 94 valence electrons. The summed E-state index contributed by atoms with van der Waals surface area (Å²) in [5.41, 5.74) is 0.575. The van der Waals surface area contributed by atoms with Gasteiger partial charge in [0.1, 0.15) is 12.7 Å². The molecule has 0 saturated heterocycles. The molecular formula is C13H15N3O2. The lowest BCUT2D eigenvalue weighted by Crippen LogP contribution is -2.12. The molecule has 0 spiro atoms. The minimum Gasteiger partial charge on any atom is -0.462 e. The van der Waals surface area contributed by atoms with Gasteiger partial charge in [-0.3, -0.25) is 4.68 Å². The number of esters is 1. The van der Waals surface area contributed by atoms with Crippen molar-refractivity contribution < 1.29 is 9.53 Å². The maximum atomic E-state index is 11.7. The zero-order chi connectivity index (χ0) is 12.8. The molecule has 1 aromatic heterocycles. The molecule has 0 N–H and O–H groups in total. The number of carbonyl (C=O) groups is 1. The molecule has 0 bridgehead atoms. The average Bonchev–Trinajstić information content (AvgIpc) is 2.93. The summed E-state index contributed by atoms with van der Waals surface area (Å²) < 4.78 is 6.94. The second kappa shape index (κ2) is 5.95. The highest BCUT2D eigenvalue weighted by atomic mass is 16.5. The van der Waals surface area contributed by atoms with Crippen LogP contribution in [0.3, 0.4) is 0 Å². The van der Waals surface area contributed by atoms with Crippen LogP contribution in [-0.4, -0.2) is 27.3 Å². The summed E-state index contributed by atoms with van der Waals surface area (Å²) >= 11 is 0.